The SMILES string of the molecule is CCNc1ncc(C)c(-c2cccc(OCC)c2)n1. The fraction of sp³-hybridized carbons (Fsp3) is 0.333. The number of hydrogen-bond acceptors (Lipinski definition) is 4. The predicted octanol–water partition coefficient (Wildman–Crippen LogP) is 3.28. The van der Waals surface area contributed by atoms with E-state index in [9.17, 15) is 0 Å². The van der Waals surface area contributed by atoms with Crippen LogP contribution in [-0.4, -0.2) is 23.1 Å². The summed E-state index contributed by atoms with van der Waals surface area (Å²) in [4.78, 5) is 8.82. The highest BCUT2D eigenvalue weighted by Crippen LogP contribution is 2.25. The van der Waals surface area contributed by atoms with Crippen molar-refractivity contribution in [1.29, 1.82) is 0 Å². The minimum absolute atomic E-state index is 0.657. The van der Waals surface area contributed by atoms with Crippen molar-refractivity contribution in [2.24, 2.45) is 0 Å². The van der Waals surface area contributed by atoms with Crippen LogP contribution in [0.3, 0.4) is 0 Å². The van der Waals surface area contributed by atoms with Crippen LogP contribution in [0, 0.1) is 6.92 Å². The third-order valence-electron chi connectivity index (χ3n) is 2.73. The molecule has 0 saturated carbocycles. The second-order valence-corrected chi connectivity index (χ2v) is 4.22. The number of hydrogen-bond donors (Lipinski definition) is 1. The highest BCUT2D eigenvalue weighted by atomic mass is 16.5. The maximum absolute atomic E-state index is 5.53. The van der Waals surface area contributed by atoms with Crippen LogP contribution in [0.15, 0.2) is 30.5 Å². The second kappa shape index (κ2) is 6.18. The summed E-state index contributed by atoms with van der Waals surface area (Å²) >= 11 is 0. The van der Waals surface area contributed by atoms with Gasteiger partial charge in [0.05, 0.1) is 12.3 Å². The molecule has 4 heteroatoms. The van der Waals surface area contributed by atoms with Gasteiger partial charge < -0.3 is 10.1 Å². The normalized spacial score (nSPS) is 10.3. The number of ether oxygens (including phenoxy) is 1. The smallest absolute Gasteiger partial charge is 0.223 e. The molecule has 0 radical (unpaired) electrons. The van der Waals surface area contributed by atoms with Gasteiger partial charge in [-0.1, -0.05) is 12.1 Å². The maximum Gasteiger partial charge on any atom is 0.223 e. The Labute approximate surface area is 113 Å². The molecule has 0 atom stereocenters. The summed E-state index contributed by atoms with van der Waals surface area (Å²) in [6.07, 6.45) is 1.84. The molecule has 1 heterocycles. The van der Waals surface area contributed by atoms with E-state index >= 15 is 0 Å². The third kappa shape index (κ3) is 3.22. The van der Waals surface area contributed by atoms with Crippen molar-refractivity contribution < 1.29 is 4.74 Å². The van der Waals surface area contributed by atoms with Crippen molar-refractivity contribution >= 4 is 5.95 Å². The van der Waals surface area contributed by atoms with Crippen molar-refractivity contribution in [2.75, 3.05) is 18.5 Å². The minimum Gasteiger partial charge on any atom is -0.494 e. The zero-order valence-corrected chi connectivity index (χ0v) is 11.6. The Morgan fingerprint density at radius 3 is 2.84 bits per heavy atom. The lowest BCUT2D eigenvalue weighted by molar-refractivity contribution is 0.340. The van der Waals surface area contributed by atoms with Crippen LogP contribution in [0.4, 0.5) is 5.95 Å². The van der Waals surface area contributed by atoms with Gasteiger partial charge in [-0.15, -0.1) is 0 Å². The van der Waals surface area contributed by atoms with Crippen LogP contribution in [0.2, 0.25) is 0 Å². The van der Waals surface area contributed by atoms with Gasteiger partial charge in [0.1, 0.15) is 5.75 Å². The Hall–Kier alpha value is -2.10. The number of nitrogens with zero attached hydrogens (tertiary/aromatic N) is 2. The summed E-state index contributed by atoms with van der Waals surface area (Å²) in [7, 11) is 0. The molecule has 0 aliphatic carbocycles. The molecule has 0 amide bonds. The van der Waals surface area contributed by atoms with Gasteiger partial charge in [0.2, 0.25) is 5.95 Å². The lowest BCUT2D eigenvalue weighted by Gasteiger charge is -2.09. The van der Waals surface area contributed by atoms with E-state index in [1.807, 2.05) is 51.2 Å². The molecule has 0 unspecified atom stereocenters. The van der Waals surface area contributed by atoms with Crippen LogP contribution in [0.5, 0.6) is 5.75 Å². The van der Waals surface area contributed by atoms with Crippen LogP contribution in [0.1, 0.15) is 19.4 Å². The molecule has 19 heavy (non-hydrogen) atoms. The average molecular weight is 257 g/mol. The van der Waals surface area contributed by atoms with Crippen LogP contribution in [0.25, 0.3) is 11.3 Å². The third-order valence-corrected chi connectivity index (χ3v) is 2.73. The summed E-state index contributed by atoms with van der Waals surface area (Å²) in [5, 5.41) is 3.13. The van der Waals surface area contributed by atoms with Gasteiger partial charge >= 0.3 is 0 Å². The van der Waals surface area contributed by atoms with Gasteiger partial charge in [-0.25, -0.2) is 9.97 Å². The van der Waals surface area contributed by atoms with Crippen molar-refractivity contribution in [1.82, 2.24) is 9.97 Å². The lowest BCUT2D eigenvalue weighted by atomic mass is 10.1. The van der Waals surface area contributed by atoms with Crippen molar-refractivity contribution in [2.45, 2.75) is 20.8 Å². The van der Waals surface area contributed by atoms with Crippen LogP contribution >= 0.6 is 0 Å². The molecule has 0 bridgehead atoms. The van der Waals surface area contributed by atoms with Crippen LogP contribution < -0.4 is 10.1 Å². The van der Waals surface area contributed by atoms with Crippen LogP contribution in [-0.2, 0) is 0 Å². The summed E-state index contributed by atoms with van der Waals surface area (Å²) in [6.45, 7) is 7.49. The fourth-order valence-electron chi connectivity index (χ4n) is 1.88. The van der Waals surface area contributed by atoms with E-state index in [-0.39, 0.29) is 0 Å². The zero-order chi connectivity index (χ0) is 13.7. The molecule has 0 spiro atoms. The monoisotopic (exact) mass is 257 g/mol. The van der Waals surface area contributed by atoms with E-state index in [1.165, 1.54) is 0 Å². The zero-order valence-electron chi connectivity index (χ0n) is 11.6. The van der Waals surface area contributed by atoms with Gasteiger partial charge in [0, 0.05) is 18.3 Å². The summed E-state index contributed by atoms with van der Waals surface area (Å²) < 4.78 is 5.53. The molecule has 0 fully saturated rings. The first-order valence-electron chi connectivity index (χ1n) is 6.55. The topological polar surface area (TPSA) is 47.0 Å². The Balaban J connectivity index is 2.39. The molecule has 1 N–H and O–H groups in total. The molecule has 0 saturated heterocycles. The maximum atomic E-state index is 5.53. The number of aryl methyl sites for hydroxylation is 1. The molecule has 2 aromatic rings. The molecule has 4 nitrogen and oxygen atoms in total. The van der Waals surface area contributed by atoms with E-state index in [0.717, 1.165) is 29.1 Å². The lowest BCUT2D eigenvalue weighted by Crippen LogP contribution is -2.03. The van der Waals surface area contributed by atoms with E-state index < -0.39 is 0 Å². The average Bonchev–Trinajstić information content (AvgIpc) is 2.42. The number of nitrogens with one attached hydrogen (secondary N) is 1. The summed E-state index contributed by atoms with van der Waals surface area (Å²) in [5.74, 6) is 1.52. The number of benzene rings is 1. The molecule has 0 aliphatic heterocycles. The Morgan fingerprint density at radius 2 is 2.11 bits per heavy atom. The Kier molecular flexibility index (Phi) is 4.34. The predicted molar refractivity (Wildman–Crippen MR) is 77.5 cm³/mol. The first kappa shape index (κ1) is 13.3. The minimum atomic E-state index is 0.657. The Morgan fingerprint density at radius 1 is 1.26 bits per heavy atom. The second-order valence-electron chi connectivity index (χ2n) is 4.22. The van der Waals surface area contributed by atoms with Gasteiger partial charge in [0.25, 0.3) is 0 Å². The largest absolute Gasteiger partial charge is 0.494 e. The van der Waals surface area contributed by atoms with Gasteiger partial charge in [-0.2, -0.15) is 0 Å². The van der Waals surface area contributed by atoms with E-state index in [1.54, 1.807) is 0 Å². The van der Waals surface area contributed by atoms with Crippen molar-refractivity contribution in [3.8, 4) is 17.0 Å². The molecule has 2 rings (SSSR count). The first-order chi connectivity index (χ1) is 9.24. The number of aromatic nitrogens is 2. The summed E-state index contributed by atoms with van der Waals surface area (Å²) in [5.41, 5.74) is 3.04. The number of anilines is 1. The van der Waals surface area contributed by atoms with Gasteiger partial charge in [-0.3, -0.25) is 0 Å². The standard InChI is InChI=1S/C15H19N3O/c1-4-16-15-17-10-11(3)14(18-15)12-7-6-8-13(9-12)19-5-2/h6-10H,4-5H2,1-3H3,(H,16,17,18). The fourth-order valence-corrected chi connectivity index (χ4v) is 1.88. The molecule has 0 aliphatic rings. The quantitative estimate of drug-likeness (QED) is 0.893. The van der Waals surface area contributed by atoms with Crippen molar-refractivity contribution in [3.05, 3.63) is 36.0 Å². The molecular weight excluding hydrogens is 238 g/mol. The van der Waals surface area contributed by atoms with E-state index in [0.29, 0.717) is 12.6 Å². The van der Waals surface area contributed by atoms with Gasteiger partial charge in [-0.05, 0) is 38.5 Å². The molecule has 1 aromatic carbocycles. The molecule has 1 aromatic heterocycles. The Bertz CT molecular complexity index is 555. The summed E-state index contributed by atoms with van der Waals surface area (Å²) in [6, 6.07) is 7.98. The molecular formula is C15H19N3O. The van der Waals surface area contributed by atoms with E-state index in [4.69, 9.17) is 4.74 Å². The number of rotatable bonds is 5. The highest BCUT2D eigenvalue weighted by molar-refractivity contribution is 5.65. The first-order valence-corrected chi connectivity index (χ1v) is 6.55. The highest BCUT2D eigenvalue weighted by Gasteiger charge is 2.07. The van der Waals surface area contributed by atoms with Gasteiger partial charge in [0.15, 0.2) is 0 Å². The molecule has 100 valence electrons. The van der Waals surface area contributed by atoms with E-state index in [2.05, 4.69) is 15.3 Å². The van der Waals surface area contributed by atoms with Crippen molar-refractivity contribution in [3.63, 3.8) is 0 Å².